The molecule has 0 radical (unpaired) electrons. The van der Waals surface area contributed by atoms with Gasteiger partial charge >= 0.3 is 6.09 Å². The number of aromatic amines is 1. The molecule has 2 heterocycles. The van der Waals surface area contributed by atoms with Crippen LogP contribution in [-0.2, 0) is 0 Å². The van der Waals surface area contributed by atoms with Gasteiger partial charge in [-0.3, -0.25) is 4.79 Å². The molecule has 3 N–H and O–H groups in total. The number of nitrogens with two attached hydrogens (primary N) is 1. The highest BCUT2D eigenvalue weighted by Crippen LogP contribution is 2.24. The van der Waals surface area contributed by atoms with E-state index in [1.165, 1.54) is 12.5 Å². The Bertz CT molecular complexity index is 1100. The zero-order chi connectivity index (χ0) is 18.1. The average Bonchev–Trinajstić information content (AvgIpc) is 3.30. The second-order valence-corrected chi connectivity index (χ2v) is 5.60. The molecule has 0 spiro atoms. The van der Waals surface area contributed by atoms with Crippen molar-refractivity contribution < 1.29 is 18.7 Å². The van der Waals surface area contributed by atoms with Crippen molar-refractivity contribution in [3.63, 3.8) is 0 Å². The molecule has 0 fully saturated rings. The number of nitrogens with one attached hydrogen (secondary N) is 1. The maximum absolute atomic E-state index is 12.3. The van der Waals surface area contributed by atoms with Gasteiger partial charge in [0.05, 0.1) is 22.9 Å². The van der Waals surface area contributed by atoms with E-state index in [2.05, 4.69) is 9.97 Å². The lowest BCUT2D eigenvalue weighted by atomic mass is 10.0. The lowest BCUT2D eigenvalue weighted by molar-refractivity contribution is 0.103. The summed E-state index contributed by atoms with van der Waals surface area (Å²) in [6.07, 6.45) is 2.01. The van der Waals surface area contributed by atoms with Crippen LogP contribution in [0.15, 0.2) is 65.5 Å². The molecule has 4 aromatic rings. The third kappa shape index (κ3) is 2.93. The summed E-state index contributed by atoms with van der Waals surface area (Å²) >= 11 is 0. The van der Waals surface area contributed by atoms with E-state index in [1.807, 2.05) is 12.1 Å². The molecule has 0 aliphatic carbocycles. The third-order valence-electron chi connectivity index (χ3n) is 3.88. The van der Waals surface area contributed by atoms with Crippen molar-refractivity contribution in [2.45, 2.75) is 0 Å². The van der Waals surface area contributed by atoms with Gasteiger partial charge < -0.3 is 19.9 Å². The fraction of sp³-hybridized carbons (Fsp3) is 0. The monoisotopic (exact) mass is 347 g/mol. The number of rotatable bonds is 4. The number of amides is 1. The summed E-state index contributed by atoms with van der Waals surface area (Å²) in [5.41, 5.74) is 8.33. The van der Waals surface area contributed by atoms with Crippen molar-refractivity contribution in [3.05, 3.63) is 72.2 Å². The first-order valence-electron chi connectivity index (χ1n) is 7.74. The number of hydrogen-bond acceptors (Lipinski definition) is 5. The van der Waals surface area contributed by atoms with Crippen LogP contribution in [0.3, 0.4) is 0 Å². The molecule has 7 heteroatoms. The molecule has 128 valence electrons. The molecule has 26 heavy (non-hydrogen) atoms. The van der Waals surface area contributed by atoms with Gasteiger partial charge in [-0.2, -0.15) is 0 Å². The van der Waals surface area contributed by atoms with Gasteiger partial charge in [-0.25, -0.2) is 9.78 Å². The first kappa shape index (κ1) is 15.6. The number of carbonyl (C=O) groups excluding carboxylic acids is 2. The number of carbonyl (C=O) groups is 2. The highest BCUT2D eigenvalue weighted by Gasteiger charge is 2.12. The molecule has 0 saturated carbocycles. The predicted molar refractivity (Wildman–Crippen MR) is 93.9 cm³/mol. The molecule has 2 aromatic heterocycles. The minimum absolute atomic E-state index is 0.108. The van der Waals surface area contributed by atoms with Crippen molar-refractivity contribution in [1.82, 2.24) is 9.97 Å². The molecular formula is C19H13N3O4. The number of primary amides is 1. The van der Waals surface area contributed by atoms with E-state index in [4.69, 9.17) is 14.9 Å². The van der Waals surface area contributed by atoms with Crippen LogP contribution in [-0.4, -0.2) is 21.8 Å². The topological polar surface area (TPSA) is 111 Å². The molecule has 0 aliphatic heterocycles. The van der Waals surface area contributed by atoms with E-state index in [1.54, 1.807) is 36.4 Å². The maximum Gasteiger partial charge on any atom is 0.409 e. The van der Waals surface area contributed by atoms with Gasteiger partial charge in [-0.05, 0) is 18.2 Å². The van der Waals surface area contributed by atoms with Crippen LogP contribution >= 0.6 is 0 Å². The Balaban J connectivity index is 1.63. The number of benzene rings is 2. The summed E-state index contributed by atoms with van der Waals surface area (Å²) in [7, 11) is 0. The normalized spacial score (nSPS) is 10.8. The smallest absolute Gasteiger partial charge is 0.409 e. The van der Waals surface area contributed by atoms with Crippen molar-refractivity contribution in [1.29, 1.82) is 0 Å². The first-order valence-corrected chi connectivity index (χ1v) is 7.74. The fourth-order valence-electron chi connectivity index (χ4n) is 2.64. The van der Waals surface area contributed by atoms with E-state index in [9.17, 15) is 9.59 Å². The minimum atomic E-state index is -0.873. The summed E-state index contributed by atoms with van der Waals surface area (Å²) in [6, 6.07) is 13.7. The SMILES string of the molecule is NC(=O)Oc1ccc2nc(-c3ccc(C(=O)c4ccoc4)cc3)[nH]c2c1. The predicted octanol–water partition coefficient (Wildman–Crippen LogP) is 3.51. The Hall–Kier alpha value is -3.87. The number of ketones is 1. The number of ether oxygens (including phenoxy) is 1. The molecule has 0 atom stereocenters. The van der Waals surface area contributed by atoms with Crippen LogP contribution in [0.1, 0.15) is 15.9 Å². The highest BCUT2D eigenvalue weighted by molar-refractivity contribution is 6.08. The van der Waals surface area contributed by atoms with Crippen LogP contribution in [0.2, 0.25) is 0 Å². The number of aromatic nitrogens is 2. The van der Waals surface area contributed by atoms with Crippen molar-refractivity contribution >= 4 is 22.9 Å². The van der Waals surface area contributed by atoms with Crippen LogP contribution in [0, 0.1) is 0 Å². The lowest BCUT2D eigenvalue weighted by Gasteiger charge is -2.00. The lowest BCUT2D eigenvalue weighted by Crippen LogP contribution is -2.16. The number of furan rings is 1. The van der Waals surface area contributed by atoms with Gasteiger partial charge in [-0.1, -0.05) is 24.3 Å². The molecule has 0 aliphatic rings. The summed E-state index contributed by atoms with van der Waals surface area (Å²) < 4.78 is 9.80. The Kier molecular flexibility index (Phi) is 3.74. The standard InChI is InChI=1S/C19H13N3O4/c20-19(24)26-14-5-6-15-16(9-14)22-18(21-15)12-3-1-11(2-4-12)17(23)13-7-8-25-10-13/h1-10H,(H2,20,24)(H,21,22). The number of hydrogen-bond donors (Lipinski definition) is 2. The molecule has 7 nitrogen and oxygen atoms in total. The van der Waals surface area contributed by atoms with Crippen LogP contribution in [0.25, 0.3) is 22.4 Å². The van der Waals surface area contributed by atoms with Crippen LogP contribution < -0.4 is 10.5 Å². The fourth-order valence-corrected chi connectivity index (χ4v) is 2.64. The first-order chi connectivity index (χ1) is 12.6. The zero-order valence-electron chi connectivity index (χ0n) is 13.4. The zero-order valence-corrected chi connectivity index (χ0v) is 13.4. The number of imidazole rings is 1. The molecule has 0 unspecified atom stereocenters. The summed E-state index contributed by atoms with van der Waals surface area (Å²) in [5.74, 6) is 0.864. The van der Waals surface area contributed by atoms with Crippen molar-refractivity contribution in [2.75, 3.05) is 0 Å². The minimum Gasteiger partial charge on any atom is -0.472 e. The molecule has 0 saturated heterocycles. The van der Waals surface area contributed by atoms with Crippen molar-refractivity contribution in [3.8, 4) is 17.1 Å². The summed E-state index contributed by atoms with van der Waals surface area (Å²) in [6.45, 7) is 0. The van der Waals surface area contributed by atoms with Gasteiger partial charge in [-0.15, -0.1) is 0 Å². The Morgan fingerprint density at radius 2 is 1.85 bits per heavy atom. The largest absolute Gasteiger partial charge is 0.472 e. The van der Waals surface area contributed by atoms with E-state index in [-0.39, 0.29) is 5.78 Å². The number of nitrogens with zero attached hydrogens (tertiary/aromatic N) is 1. The Morgan fingerprint density at radius 3 is 2.54 bits per heavy atom. The molecule has 0 bridgehead atoms. The molecule has 1 amide bonds. The van der Waals surface area contributed by atoms with Gasteiger partial charge in [0.2, 0.25) is 0 Å². The third-order valence-corrected chi connectivity index (χ3v) is 3.88. The van der Waals surface area contributed by atoms with Gasteiger partial charge in [0.1, 0.15) is 17.8 Å². The van der Waals surface area contributed by atoms with Gasteiger partial charge in [0.15, 0.2) is 5.78 Å². The molecule has 2 aromatic carbocycles. The maximum atomic E-state index is 12.3. The van der Waals surface area contributed by atoms with Gasteiger partial charge in [0, 0.05) is 17.2 Å². The average molecular weight is 347 g/mol. The van der Waals surface area contributed by atoms with E-state index < -0.39 is 6.09 Å². The quantitative estimate of drug-likeness (QED) is 0.549. The van der Waals surface area contributed by atoms with Crippen LogP contribution in [0.5, 0.6) is 5.75 Å². The Labute approximate surface area is 147 Å². The second kappa shape index (κ2) is 6.21. The number of fused-ring (bicyclic) bond motifs is 1. The second-order valence-electron chi connectivity index (χ2n) is 5.60. The molecular weight excluding hydrogens is 334 g/mol. The summed E-state index contributed by atoms with van der Waals surface area (Å²) in [4.78, 5) is 30.8. The van der Waals surface area contributed by atoms with Crippen molar-refractivity contribution in [2.24, 2.45) is 5.73 Å². The van der Waals surface area contributed by atoms with E-state index in [0.717, 1.165) is 11.1 Å². The van der Waals surface area contributed by atoms with E-state index >= 15 is 0 Å². The summed E-state index contributed by atoms with van der Waals surface area (Å²) in [5, 5.41) is 0. The van der Waals surface area contributed by atoms with Gasteiger partial charge in [0.25, 0.3) is 0 Å². The van der Waals surface area contributed by atoms with Crippen LogP contribution in [0.4, 0.5) is 4.79 Å². The highest BCUT2D eigenvalue weighted by atomic mass is 16.5. The molecule has 4 rings (SSSR count). The van der Waals surface area contributed by atoms with E-state index in [0.29, 0.717) is 28.2 Å². The number of H-pyrrole nitrogens is 1. The Morgan fingerprint density at radius 1 is 1.04 bits per heavy atom.